The van der Waals surface area contributed by atoms with E-state index in [9.17, 15) is 0 Å². The molecule has 0 spiro atoms. The summed E-state index contributed by atoms with van der Waals surface area (Å²) < 4.78 is 17.7. The molecule has 0 aliphatic carbocycles. The maximum atomic E-state index is 6.82. The third-order valence-electron chi connectivity index (χ3n) is 4.37. The third kappa shape index (κ3) is 6.89. The number of benzene rings is 2. The number of anilines is 2. The second-order valence-corrected chi connectivity index (χ2v) is 23.8. The largest absolute Gasteiger partial charge is 0.322 e. The first-order chi connectivity index (χ1) is 14.6. The summed E-state index contributed by atoms with van der Waals surface area (Å²) in [6.07, 6.45) is 0. The lowest BCUT2D eigenvalue weighted by molar-refractivity contribution is 1.38. The maximum Gasteiger partial charge on any atom is 0.261 e. The molecule has 1 heterocycles. The molecule has 1 aliphatic heterocycles. The Kier molecular flexibility index (Phi) is 8.52. The molecular weight excluding hydrogens is 613 g/mol. The van der Waals surface area contributed by atoms with Gasteiger partial charge in [0, 0.05) is 11.4 Å². The Morgan fingerprint density at radius 2 is 0.812 bits per heavy atom. The van der Waals surface area contributed by atoms with Crippen LogP contribution < -0.4 is 10.2 Å². The average molecular weight is 633 g/mol. The first kappa shape index (κ1) is 27.3. The molecule has 1 aliphatic rings. The number of para-hydroxylation sites is 2. The lowest BCUT2D eigenvalue weighted by Gasteiger charge is -2.26. The van der Waals surface area contributed by atoms with Gasteiger partial charge in [-0.05, 0) is 117 Å². The topological polar surface area (TPSA) is 73.5 Å². The fourth-order valence-corrected chi connectivity index (χ4v) is 25.0. The van der Waals surface area contributed by atoms with Crippen LogP contribution in [0, 0.1) is 27.7 Å². The third-order valence-corrected chi connectivity index (χ3v) is 20.4. The van der Waals surface area contributed by atoms with Gasteiger partial charge in [0.2, 0.25) is 0 Å². The maximum absolute atomic E-state index is 6.82. The average Bonchev–Trinajstić information content (AvgIpc) is 2.58. The summed E-state index contributed by atoms with van der Waals surface area (Å²) in [5.41, 5.74) is 5.22. The highest BCUT2D eigenvalue weighted by molar-refractivity contribution is 8.20. The van der Waals surface area contributed by atoms with Crippen LogP contribution in [0.3, 0.4) is 0 Å². The summed E-state index contributed by atoms with van der Waals surface area (Å²) in [6.45, 7) is 1.05. The molecule has 0 saturated heterocycles. The monoisotopic (exact) mass is 630 g/mol. The Morgan fingerprint density at radius 1 is 0.531 bits per heavy atom. The Morgan fingerprint density at radius 3 is 1.09 bits per heavy atom. The Balaban J connectivity index is 2.18. The van der Waals surface area contributed by atoms with Crippen LogP contribution in [0.25, 0.3) is 0 Å². The van der Waals surface area contributed by atoms with Gasteiger partial charge in [0.05, 0.1) is 0 Å². The van der Waals surface area contributed by atoms with Gasteiger partial charge in [-0.25, -0.2) is 0 Å². The number of rotatable bonds is 4. The predicted molar refractivity (Wildman–Crippen MR) is 152 cm³/mol. The SMILES string of the molecule is Cc1cccc(C)c1NP1(Cl)=NP(Cl)(Cl)=NP(Cl)(Nc2c(C)cccc2C)=NP(Cl)(Cl)=N1. The smallest absolute Gasteiger partial charge is 0.261 e. The van der Waals surface area contributed by atoms with Crippen LogP contribution in [-0.2, 0) is 0 Å². The fraction of sp³-hybridized carbons (Fsp3) is 0.250. The van der Waals surface area contributed by atoms with Crippen molar-refractivity contribution in [3.05, 3.63) is 58.7 Å². The predicted octanol–water partition coefficient (Wildman–Crippen LogP) is 12.7. The van der Waals surface area contributed by atoms with Gasteiger partial charge in [-0.15, -0.1) is 0 Å². The second kappa shape index (κ2) is 9.99. The summed E-state index contributed by atoms with van der Waals surface area (Å²) in [5, 5.41) is 6.32. The van der Waals surface area contributed by atoms with E-state index in [4.69, 9.17) is 67.4 Å². The summed E-state index contributed by atoms with van der Waals surface area (Å²) in [7, 11) is 0. The zero-order valence-corrected chi connectivity index (χ0v) is 25.4. The summed E-state index contributed by atoms with van der Waals surface area (Å²) >= 11 is 39.9. The van der Waals surface area contributed by atoms with Crippen molar-refractivity contribution in [3.8, 4) is 0 Å². The molecular formula is C16H20Cl6N6P4. The van der Waals surface area contributed by atoms with Crippen molar-refractivity contribution in [2.24, 2.45) is 18.1 Å². The van der Waals surface area contributed by atoms with Gasteiger partial charge in [0.1, 0.15) is 0 Å². The molecule has 2 unspecified atom stereocenters. The minimum absolute atomic E-state index is 0.742. The van der Waals surface area contributed by atoms with E-state index in [0.29, 0.717) is 0 Å². The fourth-order valence-electron chi connectivity index (χ4n) is 3.00. The van der Waals surface area contributed by atoms with E-state index in [1.807, 2.05) is 64.1 Å². The van der Waals surface area contributed by atoms with Crippen molar-refractivity contribution >= 4 is 104 Å². The summed E-state index contributed by atoms with van der Waals surface area (Å²) in [5.74, 6) is -6.85. The molecule has 3 rings (SSSR count). The minimum Gasteiger partial charge on any atom is -0.322 e. The highest BCUT2D eigenvalue weighted by Crippen LogP contribution is 2.85. The zero-order valence-electron chi connectivity index (χ0n) is 17.3. The molecule has 0 amide bonds. The molecule has 6 nitrogen and oxygen atoms in total. The number of hydrogen-bond donors (Lipinski definition) is 2. The van der Waals surface area contributed by atoms with Crippen molar-refractivity contribution in [3.63, 3.8) is 0 Å². The molecule has 0 aromatic heterocycles. The van der Waals surface area contributed by atoms with Gasteiger partial charge < -0.3 is 10.2 Å². The van der Waals surface area contributed by atoms with Crippen molar-refractivity contribution < 1.29 is 0 Å². The van der Waals surface area contributed by atoms with Crippen LogP contribution in [-0.4, -0.2) is 0 Å². The van der Waals surface area contributed by atoms with E-state index in [0.717, 1.165) is 33.6 Å². The number of nitrogens with one attached hydrogen (secondary N) is 2. The Bertz CT molecular complexity index is 1160. The minimum atomic E-state index is -3.42. The molecule has 2 N–H and O–H groups in total. The first-order valence-corrected chi connectivity index (χ1v) is 21.3. The van der Waals surface area contributed by atoms with Gasteiger partial charge in [-0.3, -0.25) is 0 Å². The molecule has 176 valence electrons. The van der Waals surface area contributed by atoms with Crippen LogP contribution in [0.15, 0.2) is 54.5 Å². The number of hydrogen-bond acceptors (Lipinski definition) is 6. The number of nitrogens with zero attached hydrogens (tertiary/aromatic N) is 4. The van der Waals surface area contributed by atoms with Gasteiger partial charge in [-0.2, -0.15) is 18.1 Å². The van der Waals surface area contributed by atoms with Crippen molar-refractivity contribution in [1.29, 1.82) is 0 Å². The van der Waals surface area contributed by atoms with Crippen LogP contribution in [0.1, 0.15) is 22.3 Å². The molecule has 0 fully saturated rings. The lowest BCUT2D eigenvalue weighted by Crippen LogP contribution is -1.97. The lowest BCUT2D eigenvalue weighted by atomic mass is 10.1. The summed E-state index contributed by atoms with van der Waals surface area (Å²) in [6, 6.07) is 11.6. The number of aryl methyl sites for hydroxylation is 4. The molecule has 0 radical (unpaired) electrons. The molecule has 2 aromatic carbocycles. The van der Waals surface area contributed by atoms with Gasteiger partial charge in [0.15, 0.2) is 0 Å². The molecule has 0 bridgehead atoms. The van der Waals surface area contributed by atoms with E-state index >= 15 is 0 Å². The van der Waals surface area contributed by atoms with Gasteiger partial charge in [-0.1, -0.05) is 36.4 Å². The van der Waals surface area contributed by atoms with E-state index in [2.05, 4.69) is 28.2 Å². The van der Waals surface area contributed by atoms with Gasteiger partial charge >= 0.3 is 0 Å². The van der Waals surface area contributed by atoms with Crippen LogP contribution >= 0.6 is 92.7 Å². The molecule has 0 saturated carbocycles. The van der Waals surface area contributed by atoms with E-state index in [1.54, 1.807) is 0 Å². The standard InChI is InChI=1S/C16H20Cl6N6P4/c1-11-7-5-8-12(2)15(11)23-31(21)25-29(17,18)27-32(22,28-30(19,20)26-31)24-16-13(3)9-6-10-14(16)4/h5-10,23-24H,1-4H3. The second-order valence-electron chi connectivity index (χ2n) is 7.08. The molecule has 32 heavy (non-hydrogen) atoms. The molecule has 2 aromatic rings. The Labute approximate surface area is 217 Å². The first-order valence-electron chi connectivity index (χ1n) is 9.05. The van der Waals surface area contributed by atoms with Crippen molar-refractivity contribution in [2.45, 2.75) is 27.7 Å². The Hall–Kier alpha value is 0.700. The van der Waals surface area contributed by atoms with Crippen LogP contribution in [0.5, 0.6) is 0 Å². The normalized spacial score (nSPS) is 26.3. The molecule has 16 heteroatoms. The summed E-state index contributed by atoms with van der Waals surface area (Å²) in [4.78, 5) is 0. The van der Waals surface area contributed by atoms with E-state index in [1.165, 1.54) is 0 Å². The van der Waals surface area contributed by atoms with E-state index < -0.39 is 25.2 Å². The van der Waals surface area contributed by atoms with Crippen molar-refractivity contribution in [2.75, 3.05) is 10.2 Å². The highest BCUT2D eigenvalue weighted by atomic mass is 35.9. The van der Waals surface area contributed by atoms with Crippen LogP contribution in [0.4, 0.5) is 11.4 Å². The van der Waals surface area contributed by atoms with E-state index in [-0.39, 0.29) is 0 Å². The number of halogens is 6. The van der Waals surface area contributed by atoms with Crippen LogP contribution in [0.2, 0.25) is 0 Å². The molecule has 2 atom stereocenters. The van der Waals surface area contributed by atoms with Crippen molar-refractivity contribution in [1.82, 2.24) is 0 Å². The highest BCUT2D eigenvalue weighted by Gasteiger charge is 2.34. The van der Waals surface area contributed by atoms with Gasteiger partial charge in [0.25, 0.3) is 25.2 Å². The quantitative estimate of drug-likeness (QED) is 0.329. The zero-order chi connectivity index (χ0) is 23.9.